The van der Waals surface area contributed by atoms with Crippen LogP contribution in [0.15, 0.2) is 23.1 Å². The zero-order chi connectivity index (χ0) is 14.7. The van der Waals surface area contributed by atoms with E-state index in [4.69, 9.17) is 0 Å². The summed E-state index contributed by atoms with van der Waals surface area (Å²) < 4.78 is 1.71. The summed E-state index contributed by atoms with van der Waals surface area (Å²) in [6.45, 7) is 8.18. The average Bonchev–Trinajstić information content (AvgIpc) is 2.86. The Balaban J connectivity index is 2.33. The molecule has 0 amide bonds. The van der Waals surface area contributed by atoms with Gasteiger partial charge in [-0.15, -0.1) is 10.2 Å². The predicted octanol–water partition coefficient (Wildman–Crippen LogP) is 3.16. The molecule has 0 radical (unpaired) electrons. The molecule has 0 aliphatic rings. The summed E-state index contributed by atoms with van der Waals surface area (Å²) in [5.74, 6) is 0. The molecule has 0 spiro atoms. The van der Waals surface area contributed by atoms with Crippen molar-refractivity contribution in [1.82, 2.24) is 14.8 Å². The number of pyridine rings is 1. The molecule has 0 aliphatic heterocycles. The Morgan fingerprint density at radius 1 is 1.35 bits per heavy atom. The Hall–Kier alpha value is -1.69. The molecule has 0 aliphatic carbocycles. The van der Waals surface area contributed by atoms with E-state index in [-0.39, 0.29) is 11.6 Å². The first-order valence-electron chi connectivity index (χ1n) is 6.84. The lowest BCUT2D eigenvalue weighted by Gasteiger charge is -2.10. The van der Waals surface area contributed by atoms with Crippen LogP contribution in [-0.2, 0) is 0 Å². The van der Waals surface area contributed by atoms with E-state index < -0.39 is 0 Å². The number of nitrogens with one attached hydrogen (secondary N) is 1. The SMILES string of the molecule is CCC(C)Nc1nnc(-c2cccn(C(C)C)c2=O)s1. The van der Waals surface area contributed by atoms with Gasteiger partial charge in [0.15, 0.2) is 5.01 Å². The van der Waals surface area contributed by atoms with Crippen LogP contribution >= 0.6 is 11.3 Å². The van der Waals surface area contributed by atoms with Gasteiger partial charge < -0.3 is 9.88 Å². The van der Waals surface area contributed by atoms with Crippen LogP contribution in [0, 0.1) is 0 Å². The molecule has 2 aromatic heterocycles. The number of nitrogens with zero attached hydrogens (tertiary/aromatic N) is 3. The van der Waals surface area contributed by atoms with Crippen molar-refractivity contribution in [2.75, 3.05) is 5.32 Å². The van der Waals surface area contributed by atoms with E-state index in [1.807, 2.05) is 19.9 Å². The van der Waals surface area contributed by atoms with Gasteiger partial charge in [-0.25, -0.2) is 0 Å². The van der Waals surface area contributed by atoms with E-state index in [9.17, 15) is 4.79 Å². The summed E-state index contributed by atoms with van der Waals surface area (Å²) in [7, 11) is 0. The van der Waals surface area contributed by atoms with Gasteiger partial charge in [-0.2, -0.15) is 0 Å². The standard InChI is InChI=1S/C14H20N4OS/c1-5-10(4)15-14-17-16-12(20-14)11-7-6-8-18(9(2)3)13(11)19/h6-10H,5H2,1-4H3,(H,15,17). The first-order chi connectivity index (χ1) is 9.52. The molecular formula is C14H20N4OS. The monoisotopic (exact) mass is 292 g/mol. The Morgan fingerprint density at radius 2 is 2.10 bits per heavy atom. The topological polar surface area (TPSA) is 59.8 Å². The van der Waals surface area contributed by atoms with E-state index in [1.165, 1.54) is 11.3 Å². The zero-order valence-corrected chi connectivity index (χ0v) is 13.1. The third-order valence-corrected chi connectivity index (χ3v) is 4.06. The van der Waals surface area contributed by atoms with Crippen molar-refractivity contribution in [3.63, 3.8) is 0 Å². The Labute approximate surface area is 122 Å². The van der Waals surface area contributed by atoms with Crippen LogP contribution in [0.4, 0.5) is 5.13 Å². The molecule has 108 valence electrons. The van der Waals surface area contributed by atoms with Gasteiger partial charge in [-0.05, 0) is 39.3 Å². The molecule has 1 unspecified atom stereocenters. The number of hydrogen-bond donors (Lipinski definition) is 1. The molecule has 1 atom stereocenters. The van der Waals surface area contributed by atoms with Gasteiger partial charge >= 0.3 is 0 Å². The fraction of sp³-hybridized carbons (Fsp3) is 0.500. The van der Waals surface area contributed by atoms with Gasteiger partial charge in [-0.1, -0.05) is 18.3 Å². The fourth-order valence-electron chi connectivity index (χ4n) is 1.78. The summed E-state index contributed by atoms with van der Waals surface area (Å²) in [5, 5.41) is 12.9. The van der Waals surface area contributed by atoms with Crippen molar-refractivity contribution in [1.29, 1.82) is 0 Å². The summed E-state index contributed by atoms with van der Waals surface area (Å²) in [4.78, 5) is 12.4. The van der Waals surface area contributed by atoms with Gasteiger partial charge in [0.2, 0.25) is 5.13 Å². The highest BCUT2D eigenvalue weighted by Crippen LogP contribution is 2.24. The van der Waals surface area contributed by atoms with E-state index in [2.05, 4.69) is 29.4 Å². The third kappa shape index (κ3) is 3.07. The molecule has 2 heterocycles. The van der Waals surface area contributed by atoms with Gasteiger partial charge in [0.1, 0.15) is 0 Å². The van der Waals surface area contributed by atoms with E-state index in [0.717, 1.165) is 11.6 Å². The van der Waals surface area contributed by atoms with Crippen molar-refractivity contribution < 1.29 is 0 Å². The Kier molecular flexibility index (Phi) is 4.54. The quantitative estimate of drug-likeness (QED) is 0.919. The summed E-state index contributed by atoms with van der Waals surface area (Å²) >= 11 is 1.42. The predicted molar refractivity (Wildman–Crippen MR) is 83.4 cm³/mol. The van der Waals surface area contributed by atoms with Crippen LogP contribution in [-0.4, -0.2) is 20.8 Å². The first kappa shape index (κ1) is 14.7. The third-order valence-electron chi connectivity index (χ3n) is 3.17. The maximum Gasteiger partial charge on any atom is 0.261 e. The van der Waals surface area contributed by atoms with Crippen molar-refractivity contribution in [3.8, 4) is 10.6 Å². The van der Waals surface area contributed by atoms with Crippen LogP contribution in [0.1, 0.15) is 40.2 Å². The van der Waals surface area contributed by atoms with Crippen LogP contribution in [0.2, 0.25) is 0 Å². The molecule has 0 saturated heterocycles. The highest BCUT2D eigenvalue weighted by atomic mass is 32.1. The molecule has 0 fully saturated rings. The molecule has 0 aromatic carbocycles. The molecular weight excluding hydrogens is 272 g/mol. The second kappa shape index (κ2) is 6.17. The Morgan fingerprint density at radius 3 is 2.75 bits per heavy atom. The van der Waals surface area contributed by atoms with Crippen LogP contribution in [0.25, 0.3) is 10.6 Å². The number of aromatic nitrogens is 3. The molecule has 0 saturated carbocycles. The van der Waals surface area contributed by atoms with Gasteiger partial charge in [0.05, 0.1) is 5.56 Å². The second-order valence-electron chi connectivity index (χ2n) is 5.09. The maximum atomic E-state index is 12.4. The smallest absolute Gasteiger partial charge is 0.261 e. The van der Waals surface area contributed by atoms with Crippen LogP contribution < -0.4 is 10.9 Å². The first-order valence-corrected chi connectivity index (χ1v) is 7.66. The lowest BCUT2D eigenvalue weighted by molar-refractivity contribution is 0.579. The van der Waals surface area contributed by atoms with Gasteiger partial charge in [-0.3, -0.25) is 4.79 Å². The van der Waals surface area contributed by atoms with E-state index in [1.54, 1.807) is 16.8 Å². The molecule has 2 aromatic rings. The summed E-state index contributed by atoms with van der Waals surface area (Å²) in [6, 6.07) is 4.15. The zero-order valence-electron chi connectivity index (χ0n) is 12.3. The minimum absolute atomic E-state index is 0.0197. The highest BCUT2D eigenvalue weighted by Gasteiger charge is 2.13. The lowest BCUT2D eigenvalue weighted by Crippen LogP contribution is -2.22. The number of hydrogen-bond acceptors (Lipinski definition) is 5. The van der Waals surface area contributed by atoms with Gasteiger partial charge in [0, 0.05) is 18.3 Å². The molecule has 2 rings (SSSR count). The fourth-order valence-corrected chi connectivity index (χ4v) is 2.65. The average molecular weight is 292 g/mol. The Bertz CT molecular complexity index is 632. The summed E-state index contributed by atoms with van der Waals surface area (Å²) in [6.07, 6.45) is 2.82. The van der Waals surface area contributed by atoms with Crippen LogP contribution in [0.5, 0.6) is 0 Å². The second-order valence-corrected chi connectivity index (χ2v) is 6.07. The molecule has 20 heavy (non-hydrogen) atoms. The van der Waals surface area contributed by atoms with Gasteiger partial charge in [0.25, 0.3) is 5.56 Å². The minimum atomic E-state index is -0.0197. The van der Waals surface area contributed by atoms with E-state index in [0.29, 0.717) is 16.6 Å². The van der Waals surface area contributed by atoms with Crippen LogP contribution in [0.3, 0.4) is 0 Å². The number of rotatable bonds is 5. The molecule has 1 N–H and O–H groups in total. The normalized spacial score (nSPS) is 12.7. The number of anilines is 1. The van der Waals surface area contributed by atoms with E-state index >= 15 is 0 Å². The van der Waals surface area contributed by atoms with Crippen molar-refractivity contribution >= 4 is 16.5 Å². The van der Waals surface area contributed by atoms with Crippen molar-refractivity contribution in [2.24, 2.45) is 0 Å². The maximum absolute atomic E-state index is 12.4. The highest BCUT2D eigenvalue weighted by molar-refractivity contribution is 7.18. The molecule has 6 heteroatoms. The van der Waals surface area contributed by atoms with Crippen molar-refractivity contribution in [3.05, 3.63) is 28.7 Å². The largest absolute Gasteiger partial charge is 0.358 e. The summed E-state index contributed by atoms with van der Waals surface area (Å²) in [5.41, 5.74) is 0.588. The molecule has 0 bridgehead atoms. The lowest BCUT2D eigenvalue weighted by atomic mass is 10.2. The van der Waals surface area contributed by atoms with Crippen molar-refractivity contribution in [2.45, 2.75) is 46.2 Å². The molecule has 5 nitrogen and oxygen atoms in total. The minimum Gasteiger partial charge on any atom is -0.358 e.